The van der Waals surface area contributed by atoms with Crippen LogP contribution in [0, 0.1) is 0 Å². The van der Waals surface area contributed by atoms with Crippen LogP contribution in [0.3, 0.4) is 0 Å². The van der Waals surface area contributed by atoms with Gasteiger partial charge >= 0.3 is 0 Å². The molecule has 0 heterocycles. The minimum Gasteiger partial charge on any atom is -0.310 e. The molecule has 0 aromatic heterocycles. The Labute approximate surface area is 357 Å². The van der Waals surface area contributed by atoms with Crippen LogP contribution in [0.5, 0.6) is 0 Å². The normalized spacial score (nSPS) is 13.4. The van der Waals surface area contributed by atoms with Crippen molar-refractivity contribution in [2.45, 2.75) is 5.41 Å². The monoisotopic (exact) mass is 767 g/mol. The molecule has 0 unspecified atom stereocenters. The van der Waals surface area contributed by atoms with Crippen molar-refractivity contribution in [2.24, 2.45) is 0 Å². The number of para-hydroxylation sites is 1. The highest BCUT2D eigenvalue weighted by Crippen LogP contribution is 2.57. The molecule has 1 heteroatoms. The van der Waals surface area contributed by atoms with E-state index >= 15 is 0 Å². The van der Waals surface area contributed by atoms with Crippen LogP contribution in [0.15, 0.2) is 249 Å². The van der Waals surface area contributed by atoms with Crippen molar-refractivity contribution in [3.05, 3.63) is 271 Å². The van der Waals surface area contributed by atoms with Crippen molar-refractivity contribution in [1.29, 1.82) is 0 Å². The summed E-state index contributed by atoms with van der Waals surface area (Å²) in [5.41, 5.74) is 12.9. The fourth-order valence-electron chi connectivity index (χ4n) is 9.37. The second-order valence-electron chi connectivity index (χ2n) is 15.3. The van der Waals surface area contributed by atoms with Gasteiger partial charge in [0.25, 0.3) is 0 Å². The molecule has 0 spiro atoms. The lowest BCUT2D eigenvalue weighted by molar-refractivity contribution is 0.768. The Bertz CT molecular complexity index is 3320. The van der Waals surface area contributed by atoms with Crippen molar-refractivity contribution >= 4 is 27.8 Å². The molecule has 0 bridgehead atoms. The van der Waals surface area contributed by atoms with E-state index in [1.165, 1.54) is 5.56 Å². The second-order valence-corrected chi connectivity index (χ2v) is 15.3. The fourth-order valence-corrected chi connectivity index (χ4v) is 9.37. The highest BCUT2D eigenvalue weighted by molar-refractivity contribution is 5.98. The number of hydrogen-bond donors (Lipinski definition) is 0. The van der Waals surface area contributed by atoms with E-state index in [0.29, 0.717) is 11.1 Å². The molecule has 0 amide bonds. The van der Waals surface area contributed by atoms with Gasteiger partial charge in [0.15, 0.2) is 0 Å². The lowest BCUT2D eigenvalue weighted by Crippen LogP contribution is -2.28. The molecule has 1 aliphatic carbocycles. The first-order valence-corrected chi connectivity index (χ1v) is 20.4. The van der Waals surface area contributed by atoms with Gasteiger partial charge in [0.1, 0.15) is 0 Å². The van der Waals surface area contributed by atoms with Gasteiger partial charge in [-0.1, -0.05) is 218 Å². The minimum atomic E-state index is -0.698. The molecule has 11 rings (SSSR count). The first kappa shape index (κ1) is 31.3. The second kappa shape index (κ2) is 14.9. The van der Waals surface area contributed by atoms with Gasteiger partial charge in [-0.15, -0.1) is 0 Å². The van der Waals surface area contributed by atoms with E-state index in [-0.39, 0.29) is 29.9 Å². The summed E-state index contributed by atoms with van der Waals surface area (Å²) in [5.74, 6) is 0. The zero-order chi connectivity index (χ0) is 43.4. The van der Waals surface area contributed by atoms with Gasteiger partial charge < -0.3 is 4.90 Å². The topological polar surface area (TPSA) is 3.24 Å². The zero-order valence-corrected chi connectivity index (χ0v) is 32.8. The third kappa shape index (κ3) is 5.86. The van der Waals surface area contributed by atoms with E-state index in [2.05, 4.69) is 146 Å². The molecule has 282 valence electrons. The van der Waals surface area contributed by atoms with E-state index < -0.39 is 5.41 Å². The van der Waals surface area contributed by atoms with Crippen molar-refractivity contribution in [2.75, 3.05) is 4.90 Å². The number of nitrogens with zero attached hydrogens (tertiary/aromatic N) is 1. The predicted octanol–water partition coefficient (Wildman–Crippen LogP) is 15.7. The third-order valence-electron chi connectivity index (χ3n) is 12.0. The fraction of sp³-hybridized carbons (Fsp3) is 0.0169. The van der Waals surface area contributed by atoms with E-state index in [1.54, 1.807) is 0 Å². The van der Waals surface area contributed by atoms with Gasteiger partial charge in [0.05, 0.1) is 16.6 Å². The summed E-state index contributed by atoms with van der Waals surface area (Å²) in [6.45, 7) is 0. The number of anilines is 3. The molecule has 0 saturated carbocycles. The largest absolute Gasteiger partial charge is 0.310 e. The molecule has 10 aromatic rings. The highest BCUT2D eigenvalue weighted by Gasteiger charge is 2.46. The summed E-state index contributed by atoms with van der Waals surface area (Å²) in [6.07, 6.45) is 0. The van der Waals surface area contributed by atoms with Crippen LogP contribution in [0.25, 0.3) is 55.3 Å². The Morgan fingerprint density at radius 2 is 0.933 bits per heavy atom. The molecule has 0 N–H and O–H groups in total. The van der Waals surface area contributed by atoms with Gasteiger partial charge in [-0.3, -0.25) is 0 Å². The average molecular weight is 768 g/mol. The molecule has 1 nitrogen and oxygen atoms in total. The summed E-state index contributed by atoms with van der Waals surface area (Å²) >= 11 is 0. The van der Waals surface area contributed by atoms with Gasteiger partial charge in [0.2, 0.25) is 0 Å². The molecular formula is C59H41N. The Kier molecular flexibility index (Phi) is 7.76. The van der Waals surface area contributed by atoms with Crippen molar-refractivity contribution in [3.8, 4) is 44.5 Å². The lowest BCUT2D eigenvalue weighted by Gasteiger charge is -2.35. The van der Waals surface area contributed by atoms with Crippen LogP contribution in [-0.4, -0.2) is 0 Å². The van der Waals surface area contributed by atoms with E-state index in [4.69, 9.17) is 0 Å². The molecule has 1 aliphatic rings. The van der Waals surface area contributed by atoms with Crippen molar-refractivity contribution in [3.63, 3.8) is 0 Å². The maximum atomic E-state index is 10.2. The molecule has 60 heavy (non-hydrogen) atoms. The molecular weight excluding hydrogens is 723 g/mol. The summed E-state index contributed by atoms with van der Waals surface area (Å²) in [7, 11) is 0. The number of benzene rings is 10. The first-order chi connectivity index (χ1) is 31.4. The maximum Gasteiger partial charge on any atom is 0.0714 e. The Morgan fingerprint density at radius 3 is 1.70 bits per heavy atom. The Balaban J connectivity index is 1.21. The quantitative estimate of drug-likeness (QED) is 0.149. The predicted molar refractivity (Wildman–Crippen MR) is 252 cm³/mol. The van der Waals surface area contributed by atoms with Gasteiger partial charge in [-0.2, -0.15) is 0 Å². The molecule has 0 fully saturated rings. The smallest absolute Gasteiger partial charge is 0.0714 e. The number of rotatable bonds is 8. The van der Waals surface area contributed by atoms with E-state index in [0.717, 1.165) is 72.2 Å². The number of hydrogen-bond acceptors (Lipinski definition) is 1. The Hall–Kier alpha value is -7.74. The average Bonchev–Trinajstić information content (AvgIpc) is 3.66. The van der Waals surface area contributed by atoms with E-state index in [9.17, 15) is 5.48 Å². The molecule has 0 atom stereocenters. The van der Waals surface area contributed by atoms with Crippen LogP contribution in [0.2, 0.25) is 0 Å². The van der Waals surface area contributed by atoms with Gasteiger partial charge in [-0.05, 0) is 102 Å². The van der Waals surface area contributed by atoms with Crippen LogP contribution in [-0.2, 0) is 5.41 Å². The number of fused-ring (bicyclic) bond motifs is 4. The van der Waals surface area contributed by atoms with Crippen LogP contribution < -0.4 is 4.90 Å². The molecule has 0 saturated heterocycles. The summed E-state index contributed by atoms with van der Waals surface area (Å²) in [5, 5.41) is 1.85. The summed E-state index contributed by atoms with van der Waals surface area (Å²) < 4.78 is 38.8. The van der Waals surface area contributed by atoms with Crippen LogP contribution >= 0.6 is 0 Å². The van der Waals surface area contributed by atoms with Crippen molar-refractivity contribution < 1.29 is 5.48 Å². The zero-order valence-electron chi connectivity index (χ0n) is 36.8. The van der Waals surface area contributed by atoms with Gasteiger partial charge in [-0.25, -0.2) is 0 Å². The SMILES string of the molecule is [2H]c1c([2H])c(-c2cccc3ccccc23)c([2H])c(N(c2ccc3c(c2)C(c2ccccc2)(c2ccccc2)c2ccccc2-3)c2ccccc2-c2ccc(-c3ccccc3)cc2)c1[2H]. The summed E-state index contributed by atoms with van der Waals surface area (Å²) in [6, 6.07) is 76.7. The molecule has 0 aliphatic heterocycles. The van der Waals surface area contributed by atoms with Gasteiger partial charge in [0, 0.05) is 16.9 Å². The standard InChI is InChI=1S/C59H41N/c1-4-18-42(19-5-1)43-34-36-45(37-35-43)53-29-13-15-33-58(53)60(49-27-16-22-46(40-49)52-31-17-21-44-20-10-11-28-51(44)52)50-38-39-55-54-30-12-14-32-56(54)59(57(55)41-50,47-23-6-2-7-24-47)48-25-8-3-9-26-48/h1-41H/i16D,22D,27D,40D. The molecule has 0 radical (unpaired) electrons. The summed E-state index contributed by atoms with van der Waals surface area (Å²) in [4.78, 5) is 2.00. The maximum absolute atomic E-state index is 10.2. The van der Waals surface area contributed by atoms with Crippen LogP contribution in [0.1, 0.15) is 27.7 Å². The lowest BCUT2D eigenvalue weighted by atomic mass is 9.67. The first-order valence-electron chi connectivity index (χ1n) is 22.4. The minimum absolute atomic E-state index is 0.0118. The van der Waals surface area contributed by atoms with E-state index in [1.807, 2.05) is 83.8 Å². The third-order valence-corrected chi connectivity index (χ3v) is 12.0. The Morgan fingerprint density at radius 1 is 0.367 bits per heavy atom. The van der Waals surface area contributed by atoms with Crippen LogP contribution in [0.4, 0.5) is 17.1 Å². The molecule has 10 aromatic carbocycles. The van der Waals surface area contributed by atoms with Crippen molar-refractivity contribution in [1.82, 2.24) is 0 Å². The highest BCUT2D eigenvalue weighted by atomic mass is 15.1.